The van der Waals surface area contributed by atoms with E-state index in [-0.39, 0.29) is 0 Å². The Hall–Kier alpha value is -2.22. The average Bonchev–Trinajstić information content (AvgIpc) is 3.24. The Morgan fingerprint density at radius 1 is 1.11 bits per heavy atom. The van der Waals surface area contributed by atoms with Crippen LogP contribution in [0.1, 0.15) is 80.8 Å². The van der Waals surface area contributed by atoms with Crippen LogP contribution in [0.15, 0.2) is 30.3 Å². The van der Waals surface area contributed by atoms with Gasteiger partial charge >= 0.3 is 0 Å². The first-order valence-corrected chi connectivity index (χ1v) is 10.7. The molecule has 0 unspecified atom stereocenters. The van der Waals surface area contributed by atoms with Crippen molar-refractivity contribution in [3.8, 4) is 11.3 Å². The number of fused-ring (bicyclic) bond motifs is 1. The van der Waals surface area contributed by atoms with Gasteiger partial charge in [0.15, 0.2) is 5.69 Å². The van der Waals surface area contributed by atoms with Crippen molar-refractivity contribution in [2.45, 2.75) is 72.1 Å². The number of benzene rings is 1. The fourth-order valence-electron chi connectivity index (χ4n) is 4.64. The van der Waals surface area contributed by atoms with Crippen molar-refractivity contribution < 1.29 is 5.94 Å². The van der Waals surface area contributed by atoms with Gasteiger partial charge in [0.2, 0.25) is 5.69 Å². The van der Waals surface area contributed by atoms with Crippen LogP contribution in [0.25, 0.3) is 22.2 Å². The van der Waals surface area contributed by atoms with Crippen LogP contribution in [-0.4, -0.2) is 4.98 Å². The molecular formula is C26H33N2+. The Morgan fingerprint density at radius 2 is 1.82 bits per heavy atom. The molecule has 0 N–H and O–H groups in total. The van der Waals surface area contributed by atoms with Crippen LogP contribution < -0.4 is 4.57 Å². The number of nitrogens with zero attached hydrogens (tertiary/aromatic N) is 2. The van der Waals surface area contributed by atoms with E-state index in [1.807, 2.05) is 6.92 Å². The standard InChI is InChI=1S/C26H33N2/c1-16(2)24-12-11-22-25(27-24)14-18(4)28(6)26(22)23-15-21(13-17(3)19(23)5)20-9-7-8-10-20/h11-16,20H,7-10H2,1-6H3/q+1/i14D. The quantitative estimate of drug-likeness (QED) is 0.483. The summed E-state index contributed by atoms with van der Waals surface area (Å²) in [5, 5.41) is 1.08. The highest BCUT2D eigenvalue weighted by molar-refractivity contribution is 5.92. The summed E-state index contributed by atoms with van der Waals surface area (Å²) in [6.45, 7) is 10.8. The first-order chi connectivity index (χ1) is 13.8. The number of hydrogen-bond donors (Lipinski definition) is 0. The summed E-state index contributed by atoms with van der Waals surface area (Å²) in [6, 6.07) is 9.68. The molecule has 2 aromatic heterocycles. The Morgan fingerprint density at radius 3 is 2.50 bits per heavy atom. The van der Waals surface area contributed by atoms with Gasteiger partial charge in [0.1, 0.15) is 7.05 Å². The molecule has 0 amide bonds. The summed E-state index contributed by atoms with van der Waals surface area (Å²) in [5.74, 6) is 1.04. The van der Waals surface area contributed by atoms with Gasteiger partial charge in [-0.25, -0.2) is 0 Å². The molecule has 3 aromatic rings. The van der Waals surface area contributed by atoms with Gasteiger partial charge in [-0.1, -0.05) is 32.8 Å². The van der Waals surface area contributed by atoms with Crippen LogP contribution in [0.3, 0.4) is 0 Å². The molecule has 1 saturated carbocycles. The fourth-order valence-corrected chi connectivity index (χ4v) is 4.64. The van der Waals surface area contributed by atoms with E-state index in [2.05, 4.69) is 63.6 Å². The minimum Gasteiger partial charge on any atom is -0.252 e. The topological polar surface area (TPSA) is 16.8 Å². The normalized spacial score (nSPS) is 15.6. The van der Waals surface area contributed by atoms with E-state index in [0.717, 1.165) is 22.3 Å². The molecule has 0 spiro atoms. The van der Waals surface area contributed by atoms with Crippen molar-refractivity contribution in [2.75, 3.05) is 0 Å². The fraction of sp³-hybridized carbons (Fsp3) is 0.462. The highest BCUT2D eigenvalue weighted by atomic mass is 15.0. The van der Waals surface area contributed by atoms with E-state index in [0.29, 0.717) is 17.9 Å². The molecule has 0 aliphatic heterocycles. The van der Waals surface area contributed by atoms with Crippen LogP contribution >= 0.6 is 0 Å². The molecule has 0 bridgehead atoms. The monoisotopic (exact) mass is 374 g/mol. The van der Waals surface area contributed by atoms with E-state index in [4.69, 9.17) is 6.35 Å². The number of hydrogen-bond acceptors (Lipinski definition) is 1. The van der Waals surface area contributed by atoms with Crippen molar-refractivity contribution in [1.82, 2.24) is 4.98 Å². The maximum absolute atomic E-state index is 8.72. The third-order valence-corrected chi connectivity index (χ3v) is 6.67. The summed E-state index contributed by atoms with van der Waals surface area (Å²) < 4.78 is 10.9. The van der Waals surface area contributed by atoms with Crippen LogP contribution in [0.5, 0.6) is 0 Å². The second kappa shape index (κ2) is 7.31. The summed E-state index contributed by atoms with van der Waals surface area (Å²) in [7, 11) is 2.09. The van der Waals surface area contributed by atoms with Crippen molar-refractivity contribution in [3.63, 3.8) is 0 Å². The van der Waals surface area contributed by atoms with Gasteiger partial charge in [-0.3, -0.25) is 4.98 Å². The second-order valence-electron chi connectivity index (χ2n) is 8.90. The van der Waals surface area contributed by atoms with Gasteiger partial charge in [-0.05, 0) is 73.4 Å². The smallest absolute Gasteiger partial charge is 0.222 e. The zero-order valence-corrected chi connectivity index (χ0v) is 18.2. The molecule has 2 heteroatoms. The molecule has 1 aliphatic rings. The first kappa shape index (κ1) is 17.8. The SMILES string of the molecule is [2H]c1c(C)[n+](C)c(-c2cc(C3CCCC3)cc(C)c2C)c2ccc(C(C)C)nc12. The summed E-state index contributed by atoms with van der Waals surface area (Å²) in [5.41, 5.74) is 9.49. The van der Waals surface area contributed by atoms with E-state index < -0.39 is 0 Å². The van der Waals surface area contributed by atoms with Crippen LogP contribution in [0, 0.1) is 20.8 Å². The summed E-state index contributed by atoms with van der Waals surface area (Å²) in [6.07, 6.45) is 5.30. The molecule has 0 saturated heterocycles. The first-order valence-electron chi connectivity index (χ1n) is 11.2. The Labute approximate surface area is 171 Å². The molecule has 0 radical (unpaired) electrons. The second-order valence-corrected chi connectivity index (χ2v) is 8.90. The van der Waals surface area contributed by atoms with Gasteiger partial charge in [0.25, 0.3) is 0 Å². The highest BCUT2D eigenvalue weighted by Crippen LogP contribution is 2.38. The molecule has 2 heterocycles. The van der Waals surface area contributed by atoms with Crippen LogP contribution in [-0.2, 0) is 7.05 Å². The van der Waals surface area contributed by atoms with Gasteiger partial charge in [0.05, 0.1) is 17.8 Å². The minimum absolute atomic E-state index is 0.353. The molecule has 1 aliphatic carbocycles. The van der Waals surface area contributed by atoms with Gasteiger partial charge in [-0.2, -0.15) is 4.57 Å². The average molecular weight is 375 g/mol. The van der Waals surface area contributed by atoms with E-state index in [1.54, 1.807) is 0 Å². The lowest BCUT2D eigenvalue weighted by Gasteiger charge is -2.17. The maximum atomic E-state index is 8.72. The predicted molar refractivity (Wildman–Crippen MR) is 118 cm³/mol. The summed E-state index contributed by atoms with van der Waals surface area (Å²) >= 11 is 0. The molecule has 2 nitrogen and oxygen atoms in total. The Kier molecular flexibility index (Phi) is 4.66. The zero-order valence-electron chi connectivity index (χ0n) is 19.2. The van der Waals surface area contributed by atoms with Crippen molar-refractivity contribution in [2.24, 2.45) is 7.05 Å². The number of rotatable bonds is 3. The van der Waals surface area contributed by atoms with E-state index >= 15 is 0 Å². The van der Waals surface area contributed by atoms with Crippen LogP contribution in [0.2, 0.25) is 0 Å². The molecule has 28 heavy (non-hydrogen) atoms. The molecule has 4 rings (SSSR count). The van der Waals surface area contributed by atoms with Crippen molar-refractivity contribution in [3.05, 3.63) is 58.4 Å². The molecule has 1 fully saturated rings. The molecular weight excluding hydrogens is 340 g/mol. The van der Waals surface area contributed by atoms with Crippen molar-refractivity contribution in [1.29, 1.82) is 0 Å². The predicted octanol–water partition coefficient (Wildman–Crippen LogP) is 6.43. The Balaban J connectivity index is 2.03. The minimum atomic E-state index is 0.353. The summed E-state index contributed by atoms with van der Waals surface area (Å²) in [4.78, 5) is 4.91. The van der Waals surface area contributed by atoms with Crippen molar-refractivity contribution >= 4 is 10.9 Å². The van der Waals surface area contributed by atoms with Gasteiger partial charge < -0.3 is 0 Å². The number of aryl methyl sites for hydroxylation is 1. The van der Waals surface area contributed by atoms with E-state index in [1.165, 1.54) is 53.6 Å². The van der Waals surface area contributed by atoms with E-state index in [9.17, 15) is 0 Å². The lowest BCUT2D eigenvalue weighted by atomic mass is 9.89. The van der Waals surface area contributed by atoms with Gasteiger partial charge in [0, 0.05) is 18.7 Å². The third kappa shape index (κ3) is 3.23. The third-order valence-electron chi connectivity index (χ3n) is 6.67. The molecule has 0 atom stereocenters. The number of pyridine rings is 2. The van der Waals surface area contributed by atoms with Gasteiger partial charge in [-0.15, -0.1) is 0 Å². The zero-order chi connectivity index (χ0) is 20.9. The largest absolute Gasteiger partial charge is 0.252 e. The Bertz CT molecular complexity index is 1090. The number of aromatic nitrogens is 2. The highest BCUT2D eigenvalue weighted by Gasteiger charge is 2.24. The molecule has 146 valence electrons. The maximum Gasteiger partial charge on any atom is 0.222 e. The lowest BCUT2D eigenvalue weighted by Crippen LogP contribution is -2.35. The lowest BCUT2D eigenvalue weighted by molar-refractivity contribution is -0.665. The van der Waals surface area contributed by atoms with Crippen LogP contribution in [0.4, 0.5) is 0 Å². The molecule has 1 aromatic carbocycles.